The summed E-state index contributed by atoms with van der Waals surface area (Å²) in [5, 5.41) is 2.85. The second-order valence-corrected chi connectivity index (χ2v) is 6.49. The lowest BCUT2D eigenvalue weighted by atomic mass is 10.1. The number of methoxy groups -OCH3 is 1. The number of amides is 2. The van der Waals surface area contributed by atoms with Gasteiger partial charge in [0.2, 0.25) is 11.8 Å². The number of nitrogens with zero attached hydrogens (tertiary/aromatic N) is 1. The number of anilines is 1. The summed E-state index contributed by atoms with van der Waals surface area (Å²) in [4.78, 5) is 26.5. The number of fused-ring (bicyclic) bond motifs is 1. The molecule has 1 atom stereocenters. The lowest BCUT2D eigenvalue weighted by molar-refractivity contribution is -0.125. The predicted molar refractivity (Wildman–Crippen MR) is 103 cm³/mol. The van der Waals surface area contributed by atoms with Gasteiger partial charge in [-0.3, -0.25) is 9.59 Å². The van der Waals surface area contributed by atoms with Crippen molar-refractivity contribution in [1.29, 1.82) is 0 Å². The largest absolute Gasteiger partial charge is 0.496 e. The van der Waals surface area contributed by atoms with Crippen LogP contribution in [-0.4, -0.2) is 31.6 Å². The van der Waals surface area contributed by atoms with E-state index in [1.807, 2.05) is 55.5 Å². The summed E-state index contributed by atoms with van der Waals surface area (Å²) >= 11 is 0. The fourth-order valence-corrected chi connectivity index (χ4v) is 3.11. The molecule has 1 N–H and O–H groups in total. The molecular weight excluding hydrogens is 344 g/mol. The Bertz CT molecular complexity index is 821. The SMILES string of the molecule is COc1ccccc1CNC(=O)CCC(=O)N1CC(C)Oc2ccccc21. The van der Waals surface area contributed by atoms with Gasteiger partial charge < -0.3 is 19.7 Å². The topological polar surface area (TPSA) is 67.9 Å². The molecule has 0 radical (unpaired) electrons. The molecule has 6 heteroatoms. The van der Waals surface area contributed by atoms with E-state index in [2.05, 4.69) is 5.32 Å². The van der Waals surface area contributed by atoms with Crippen LogP contribution >= 0.6 is 0 Å². The number of nitrogens with one attached hydrogen (secondary N) is 1. The van der Waals surface area contributed by atoms with Crippen molar-refractivity contribution in [2.24, 2.45) is 0 Å². The van der Waals surface area contributed by atoms with Crippen LogP contribution in [0.4, 0.5) is 5.69 Å². The molecule has 2 aromatic rings. The molecule has 142 valence electrons. The van der Waals surface area contributed by atoms with Crippen LogP contribution in [0.1, 0.15) is 25.3 Å². The highest BCUT2D eigenvalue weighted by Gasteiger charge is 2.27. The van der Waals surface area contributed by atoms with Crippen molar-refractivity contribution >= 4 is 17.5 Å². The smallest absolute Gasteiger partial charge is 0.227 e. The van der Waals surface area contributed by atoms with Gasteiger partial charge in [0.1, 0.15) is 17.6 Å². The minimum atomic E-state index is -0.163. The molecule has 1 aliphatic heterocycles. The Labute approximate surface area is 159 Å². The van der Waals surface area contributed by atoms with Crippen LogP contribution in [0.3, 0.4) is 0 Å². The van der Waals surface area contributed by atoms with Crippen LogP contribution in [0.5, 0.6) is 11.5 Å². The minimum Gasteiger partial charge on any atom is -0.496 e. The standard InChI is InChI=1S/C21H24N2O4/c1-15-14-23(17-8-4-6-10-19(17)27-15)21(25)12-11-20(24)22-13-16-7-3-5-9-18(16)26-2/h3-10,15H,11-14H2,1-2H3,(H,22,24). The summed E-state index contributed by atoms with van der Waals surface area (Å²) in [6, 6.07) is 15.0. The van der Waals surface area contributed by atoms with Gasteiger partial charge in [0.15, 0.2) is 0 Å². The minimum absolute atomic E-state index is 0.0787. The molecule has 1 unspecified atom stereocenters. The maximum Gasteiger partial charge on any atom is 0.227 e. The van der Waals surface area contributed by atoms with Gasteiger partial charge in [-0.25, -0.2) is 0 Å². The molecule has 2 amide bonds. The average molecular weight is 368 g/mol. The Kier molecular flexibility index (Phi) is 5.96. The summed E-state index contributed by atoms with van der Waals surface area (Å²) < 4.78 is 11.0. The van der Waals surface area contributed by atoms with Crippen LogP contribution in [0.25, 0.3) is 0 Å². The highest BCUT2D eigenvalue weighted by Crippen LogP contribution is 2.33. The maximum atomic E-state index is 12.7. The number of hydrogen-bond donors (Lipinski definition) is 1. The quantitative estimate of drug-likeness (QED) is 0.851. The molecule has 1 aliphatic rings. The van der Waals surface area contributed by atoms with Crippen molar-refractivity contribution < 1.29 is 19.1 Å². The molecular formula is C21H24N2O4. The van der Waals surface area contributed by atoms with Gasteiger partial charge in [-0.1, -0.05) is 30.3 Å². The number of ether oxygens (including phenoxy) is 2. The molecule has 0 aromatic heterocycles. The van der Waals surface area contributed by atoms with Crippen molar-refractivity contribution in [3.63, 3.8) is 0 Å². The van der Waals surface area contributed by atoms with Gasteiger partial charge >= 0.3 is 0 Å². The lowest BCUT2D eigenvalue weighted by Gasteiger charge is -2.33. The van der Waals surface area contributed by atoms with Crippen molar-refractivity contribution in [3.8, 4) is 11.5 Å². The van der Waals surface area contributed by atoms with Gasteiger partial charge in [-0.05, 0) is 25.1 Å². The molecule has 0 spiro atoms. The van der Waals surface area contributed by atoms with Gasteiger partial charge in [0.25, 0.3) is 0 Å². The van der Waals surface area contributed by atoms with E-state index >= 15 is 0 Å². The molecule has 27 heavy (non-hydrogen) atoms. The number of carbonyl (C=O) groups excluding carboxylic acids is 2. The highest BCUT2D eigenvalue weighted by atomic mass is 16.5. The molecule has 2 aromatic carbocycles. The third kappa shape index (κ3) is 4.58. The van der Waals surface area contributed by atoms with E-state index < -0.39 is 0 Å². The van der Waals surface area contributed by atoms with Crippen LogP contribution < -0.4 is 19.7 Å². The second kappa shape index (κ2) is 8.58. The first-order valence-corrected chi connectivity index (χ1v) is 9.03. The van der Waals surface area contributed by atoms with E-state index in [4.69, 9.17) is 9.47 Å². The molecule has 0 bridgehead atoms. The first kappa shape index (κ1) is 18.8. The van der Waals surface area contributed by atoms with Gasteiger partial charge in [0, 0.05) is 24.9 Å². The Balaban J connectivity index is 1.54. The van der Waals surface area contributed by atoms with E-state index in [0.29, 0.717) is 18.8 Å². The zero-order valence-corrected chi connectivity index (χ0v) is 15.6. The number of rotatable bonds is 6. The van der Waals surface area contributed by atoms with E-state index in [1.54, 1.807) is 12.0 Å². The van der Waals surface area contributed by atoms with Crippen LogP contribution in [0.2, 0.25) is 0 Å². The summed E-state index contributed by atoms with van der Waals surface area (Å²) in [5.74, 6) is 1.19. The van der Waals surface area contributed by atoms with Crippen LogP contribution in [0.15, 0.2) is 48.5 Å². The molecule has 1 heterocycles. The first-order chi connectivity index (χ1) is 13.1. The Morgan fingerprint density at radius 2 is 1.89 bits per heavy atom. The summed E-state index contributed by atoms with van der Waals surface area (Å²) in [6.07, 6.45) is 0.212. The third-order valence-corrected chi connectivity index (χ3v) is 4.46. The summed E-state index contributed by atoms with van der Waals surface area (Å²) in [6.45, 7) is 2.78. The lowest BCUT2D eigenvalue weighted by Crippen LogP contribution is -2.42. The first-order valence-electron chi connectivity index (χ1n) is 9.03. The van der Waals surface area contributed by atoms with Crippen molar-refractivity contribution in [1.82, 2.24) is 5.32 Å². The second-order valence-electron chi connectivity index (χ2n) is 6.49. The summed E-state index contributed by atoms with van der Waals surface area (Å²) in [5.41, 5.74) is 1.66. The molecule has 0 fully saturated rings. The Morgan fingerprint density at radius 3 is 2.70 bits per heavy atom. The van der Waals surface area contributed by atoms with E-state index in [0.717, 1.165) is 17.0 Å². The molecule has 0 saturated heterocycles. The molecule has 0 aliphatic carbocycles. The molecule has 6 nitrogen and oxygen atoms in total. The highest BCUT2D eigenvalue weighted by molar-refractivity contribution is 5.97. The fraction of sp³-hybridized carbons (Fsp3) is 0.333. The number of hydrogen-bond acceptors (Lipinski definition) is 4. The average Bonchev–Trinajstić information content (AvgIpc) is 2.69. The zero-order chi connectivity index (χ0) is 19.2. The number of benzene rings is 2. The van der Waals surface area contributed by atoms with Crippen molar-refractivity contribution in [2.45, 2.75) is 32.4 Å². The Morgan fingerprint density at radius 1 is 1.15 bits per heavy atom. The number of carbonyl (C=O) groups is 2. The van der Waals surface area contributed by atoms with Gasteiger partial charge in [-0.15, -0.1) is 0 Å². The van der Waals surface area contributed by atoms with Crippen molar-refractivity contribution in [2.75, 3.05) is 18.6 Å². The van der Waals surface area contributed by atoms with Crippen LogP contribution in [-0.2, 0) is 16.1 Å². The molecule has 0 saturated carbocycles. The number of para-hydroxylation sites is 3. The maximum absolute atomic E-state index is 12.7. The summed E-state index contributed by atoms with van der Waals surface area (Å²) in [7, 11) is 1.60. The third-order valence-electron chi connectivity index (χ3n) is 4.46. The van der Waals surface area contributed by atoms with E-state index in [9.17, 15) is 9.59 Å². The fourth-order valence-electron chi connectivity index (χ4n) is 3.11. The monoisotopic (exact) mass is 368 g/mol. The van der Waals surface area contributed by atoms with E-state index in [1.165, 1.54) is 0 Å². The Hall–Kier alpha value is -3.02. The van der Waals surface area contributed by atoms with Gasteiger partial charge in [-0.2, -0.15) is 0 Å². The normalized spacial score (nSPS) is 15.5. The van der Waals surface area contributed by atoms with Gasteiger partial charge in [0.05, 0.1) is 19.3 Å². The molecule has 3 rings (SSSR count). The predicted octanol–water partition coefficient (Wildman–Crippen LogP) is 2.91. The van der Waals surface area contributed by atoms with E-state index in [-0.39, 0.29) is 30.8 Å². The van der Waals surface area contributed by atoms with Crippen molar-refractivity contribution in [3.05, 3.63) is 54.1 Å². The zero-order valence-electron chi connectivity index (χ0n) is 15.6. The van der Waals surface area contributed by atoms with Crippen LogP contribution in [0, 0.1) is 0 Å².